The van der Waals surface area contributed by atoms with Gasteiger partial charge in [-0.25, -0.2) is 0 Å². The lowest BCUT2D eigenvalue weighted by atomic mass is 10.1. The van der Waals surface area contributed by atoms with Crippen LogP contribution in [-0.2, 0) is 0 Å². The Labute approximate surface area is 122 Å². The number of benzene rings is 1. The summed E-state index contributed by atoms with van der Waals surface area (Å²) in [5.41, 5.74) is 1.73. The summed E-state index contributed by atoms with van der Waals surface area (Å²) < 4.78 is 0. The van der Waals surface area contributed by atoms with Crippen LogP contribution in [0.25, 0.3) is 0 Å². The first-order valence-corrected chi connectivity index (χ1v) is 7.65. The molecule has 0 heterocycles. The predicted molar refractivity (Wildman–Crippen MR) is 84.1 cm³/mol. The fraction of sp³-hybridized carbons (Fsp3) is 0.588. The van der Waals surface area contributed by atoms with Gasteiger partial charge in [0.05, 0.1) is 5.56 Å². The Morgan fingerprint density at radius 3 is 2.45 bits per heavy atom. The maximum atomic E-state index is 12.8. The van der Waals surface area contributed by atoms with Crippen LogP contribution in [0.1, 0.15) is 50.9 Å². The van der Waals surface area contributed by atoms with E-state index in [1.807, 2.05) is 29.2 Å². The molecule has 110 valence electrons. The van der Waals surface area contributed by atoms with Gasteiger partial charge in [0.1, 0.15) is 0 Å². The second-order valence-corrected chi connectivity index (χ2v) is 6.34. The molecule has 0 unspecified atom stereocenters. The lowest BCUT2D eigenvalue weighted by Crippen LogP contribution is -2.39. The van der Waals surface area contributed by atoms with E-state index in [1.54, 1.807) is 0 Å². The van der Waals surface area contributed by atoms with Crippen LogP contribution < -0.4 is 5.32 Å². The third-order valence-corrected chi connectivity index (χ3v) is 3.64. The number of nitrogens with zero attached hydrogens (tertiary/aromatic N) is 1. The summed E-state index contributed by atoms with van der Waals surface area (Å²) in [5.74, 6) is 0.863. The summed E-state index contributed by atoms with van der Waals surface area (Å²) in [6, 6.07) is 8.39. The Morgan fingerprint density at radius 1 is 1.25 bits per heavy atom. The molecule has 20 heavy (non-hydrogen) atoms. The first kappa shape index (κ1) is 14.9. The molecule has 0 atom stereocenters. The highest BCUT2D eigenvalue weighted by molar-refractivity contribution is 5.99. The third-order valence-electron chi connectivity index (χ3n) is 3.64. The number of amides is 1. The normalized spacial score (nSPS) is 14.7. The molecule has 0 spiro atoms. The zero-order chi connectivity index (χ0) is 14.7. The number of para-hydroxylation sites is 1. The molecular weight excluding hydrogens is 248 g/mol. The molecule has 0 bridgehead atoms. The van der Waals surface area contributed by atoms with Gasteiger partial charge in [0, 0.05) is 24.3 Å². The minimum absolute atomic E-state index is 0.149. The average Bonchev–Trinajstić information content (AvgIpc) is 3.18. The van der Waals surface area contributed by atoms with Gasteiger partial charge in [-0.3, -0.25) is 4.79 Å². The minimum atomic E-state index is 0.149. The van der Waals surface area contributed by atoms with Crippen molar-refractivity contribution < 1.29 is 4.79 Å². The van der Waals surface area contributed by atoms with Gasteiger partial charge in [-0.05, 0) is 58.6 Å². The van der Waals surface area contributed by atoms with Crippen molar-refractivity contribution in [3.8, 4) is 0 Å². The number of nitrogens with one attached hydrogen (secondary N) is 1. The quantitative estimate of drug-likeness (QED) is 0.856. The van der Waals surface area contributed by atoms with Gasteiger partial charge in [-0.2, -0.15) is 0 Å². The largest absolute Gasteiger partial charge is 0.382 e. The maximum Gasteiger partial charge on any atom is 0.256 e. The van der Waals surface area contributed by atoms with E-state index in [2.05, 4.69) is 33.0 Å². The number of hydrogen-bond acceptors (Lipinski definition) is 2. The summed E-state index contributed by atoms with van der Waals surface area (Å²) >= 11 is 0. The first-order valence-electron chi connectivity index (χ1n) is 7.65. The Hall–Kier alpha value is -1.51. The molecule has 1 aliphatic rings. The van der Waals surface area contributed by atoms with Gasteiger partial charge in [0.25, 0.3) is 5.91 Å². The van der Waals surface area contributed by atoms with Gasteiger partial charge in [-0.1, -0.05) is 12.1 Å². The fourth-order valence-corrected chi connectivity index (χ4v) is 2.37. The number of carbonyl (C=O) groups excluding carboxylic acids is 1. The number of anilines is 1. The zero-order valence-corrected chi connectivity index (χ0v) is 13.0. The highest BCUT2D eigenvalue weighted by atomic mass is 16.2. The van der Waals surface area contributed by atoms with E-state index in [0.717, 1.165) is 17.8 Å². The summed E-state index contributed by atoms with van der Waals surface area (Å²) in [7, 11) is 0. The second-order valence-electron chi connectivity index (χ2n) is 6.34. The third kappa shape index (κ3) is 3.75. The monoisotopic (exact) mass is 274 g/mol. The molecular formula is C17H26N2O. The fourth-order valence-electron chi connectivity index (χ4n) is 2.37. The number of rotatable bonds is 6. The smallest absolute Gasteiger partial charge is 0.256 e. The van der Waals surface area contributed by atoms with Gasteiger partial charge >= 0.3 is 0 Å². The summed E-state index contributed by atoms with van der Waals surface area (Å²) in [6.45, 7) is 9.27. The van der Waals surface area contributed by atoms with Crippen molar-refractivity contribution in [2.24, 2.45) is 5.92 Å². The van der Waals surface area contributed by atoms with Gasteiger partial charge in [-0.15, -0.1) is 0 Å². The SMILES string of the molecule is CC(C)Nc1ccccc1C(=O)N(CC1CC1)C(C)C. The van der Waals surface area contributed by atoms with Gasteiger partial charge < -0.3 is 10.2 Å². The molecule has 3 heteroatoms. The molecule has 1 aliphatic carbocycles. The molecule has 0 saturated heterocycles. The van der Waals surface area contributed by atoms with Crippen LogP contribution >= 0.6 is 0 Å². The van der Waals surface area contributed by atoms with E-state index in [1.165, 1.54) is 12.8 Å². The highest BCUT2D eigenvalue weighted by Crippen LogP contribution is 2.31. The molecule has 0 aromatic heterocycles. The summed E-state index contributed by atoms with van der Waals surface area (Å²) in [6.07, 6.45) is 2.53. The molecule has 1 amide bonds. The van der Waals surface area contributed by atoms with Crippen molar-refractivity contribution >= 4 is 11.6 Å². The van der Waals surface area contributed by atoms with E-state index >= 15 is 0 Å². The molecule has 1 aromatic rings. The molecule has 3 nitrogen and oxygen atoms in total. The van der Waals surface area contributed by atoms with Gasteiger partial charge in [0.2, 0.25) is 0 Å². The lowest BCUT2D eigenvalue weighted by Gasteiger charge is -2.28. The average molecular weight is 274 g/mol. The molecule has 1 N–H and O–H groups in total. The Morgan fingerprint density at radius 2 is 1.90 bits per heavy atom. The van der Waals surface area contributed by atoms with Crippen LogP contribution in [0, 0.1) is 5.92 Å². The number of hydrogen-bond donors (Lipinski definition) is 1. The van der Waals surface area contributed by atoms with Crippen molar-refractivity contribution in [1.82, 2.24) is 4.90 Å². The first-order chi connectivity index (χ1) is 9.49. The summed E-state index contributed by atoms with van der Waals surface area (Å²) in [5, 5.41) is 3.37. The van der Waals surface area contributed by atoms with Crippen molar-refractivity contribution in [2.45, 2.75) is 52.6 Å². The molecule has 1 saturated carbocycles. The molecule has 2 rings (SSSR count). The van der Waals surface area contributed by atoms with Crippen molar-refractivity contribution in [2.75, 3.05) is 11.9 Å². The summed E-state index contributed by atoms with van der Waals surface area (Å²) in [4.78, 5) is 14.9. The van der Waals surface area contributed by atoms with Crippen LogP contribution in [0.3, 0.4) is 0 Å². The topological polar surface area (TPSA) is 32.3 Å². The van der Waals surface area contributed by atoms with E-state index < -0.39 is 0 Å². The standard InChI is InChI=1S/C17H26N2O/c1-12(2)18-16-8-6-5-7-15(16)17(20)19(13(3)4)11-14-9-10-14/h5-8,12-14,18H,9-11H2,1-4H3. The van der Waals surface area contributed by atoms with E-state index in [-0.39, 0.29) is 11.9 Å². The van der Waals surface area contributed by atoms with Gasteiger partial charge in [0.15, 0.2) is 0 Å². The van der Waals surface area contributed by atoms with E-state index in [9.17, 15) is 4.79 Å². The Kier molecular flexibility index (Phi) is 4.69. The van der Waals surface area contributed by atoms with Crippen molar-refractivity contribution in [3.05, 3.63) is 29.8 Å². The van der Waals surface area contributed by atoms with E-state index in [4.69, 9.17) is 0 Å². The maximum absolute atomic E-state index is 12.8. The van der Waals surface area contributed by atoms with E-state index in [0.29, 0.717) is 12.0 Å². The lowest BCUT2D eigenvalue weighted by molar-refractivity contribution is 0.0697. The molecule has 0 aliphatic heterocycles. The van der Waals surface area contributed by atoms with Crippen LogP contribution in [0.15, 0.2) is 24.3 Å². The number of carbonyl (C=O) groups is 1. The highest BCUT2D eigenvalue weighted by Gasteiger charge is 2.29. The van der Waals surface area contributed by atoms with Crippen molar-refractivity contribution in [3.63, 3.8) is 0 Å². The Balaban J connectivity index is 2.21. The van der Waals surface area contributed by atoms with Crippen LogP contribution in [0.5, 0.6) is 0 Å². The van der Waals surface area contributed by atoms with Crippen molar-refractivity contribution in [1.29, 1.82) is 0 Å². The molecule has 1 fully saturated rings. The van der Waals surface area contributed by atoms with Crippen LogP contribution in [0.4, 0.5) is 5.69 Å². The molecule has 0 radical (unpaired) electrons. The van der Waals surface area contributed by atoms with Crippen LogP contribution in [-0.4, -0.2) is 29.4 Å². The predicted octanol–water partition coefficient (Wildman–Crippen LogP) is 3.77. The zero-order valence-electron chi connectivity index (χ0n) is 13.0. The minimum Gasteiger partial charge on any atom is -0.382 e. The van der Waals surface area contributed by atoms with Crippen LogP contribution in [0.2, 0.25) is 0 Å². The second kappa shape index (κ2) is 6.29. The Bertz CT molecular complexity index is 464. The molecule has 1 aromatic carbocycles.